The number of ether oxygens (including phenoxy) is 2. The number of carbonyl (C=O) groups excluding carboxylic acids is 3. The van der Waals surface area contributed by atoms with Crippen molar-refractivity contribution < 1.29 is 23.9 Å². The van der Waals surface area contributed by atoms with Crippen LogP contribution in [0.4, 0.5) is 10.5 Å². The summed E-state index contributed by atoms with van der Waals surface area (Å²) < 4.78 is 9.82. The topological polar surface area (TPSA) is 84.9 Å². The van der Waals surface area contributed by atoms with Crippen LogP contribution in [-0.2, 0) is 19.1 Å². The third-order valence-electron chi connectivity index (χ3n) is 3.62. The van der Waals surface area contributed by atoms with Crippen LogP contribution in [0.3, 0.4) is 0 Å². The molecule has 0 saturated carbocycles. The molecule has 0 aromatic heterocycles. The van der Waals surface area contributed by atoms with Crippen LogP contribution in [0.1, 0.15) is 19.4 Å². The molecule has 1 aromatic rings. The molecule has 7 heteroatoms. The Morgan fingerprint density at radius 1 is 1.33 bits per heavy atom. The van der Waals surface area contributed by atoms with Crippen molar-refractivity contribution in [2.45, 2.75) is 20.0 Å². The largest absolute Gasteiger partial charge is 0.466 e. The Kier molecular flexibility index (Phi) is 5.57. The van der Waals surface area contributed by atoms with E-state index in [1.165, 1.54) is 25.0 Å². The Hall–Kier alpha value is -2.83. The van der Waals surface area contributed by atoms with Crippen LogP contribution in [0.25, 0.3) is 5.57 Å². The normalized spacial score (nSPS) is 17.5. The van der Waals surface area contributed by atoms with E-state index in [0.717, 1.165) is 11.1 Å². The van der Waals surface area contributed by atoms with E-state index in [1.54, 1.807) is 19.1 Å². The predicted molar refractivity (Wildman–Crippen MR) is 88.4 cm³/mol. The molecule has 1 atom stereocenters. The minimum Gasteiger partial charge on any atom is -0.466 e. The minimum absolute atomic E-state index is 0.165. The summed E-state index contributed by atoms with van der Waals surface area (Å²) in [5.41, 5.74) is 2.31. The summed E-state index contributed by atoms with van der Waals surface area (Å²) in [6, 6.07) is 7.20. The number of allylic oxidation sites excluding steroid dienone is 1. The van der Waals surface area contributed by atoms with Crippen LogP contribution >= 0.6 is 0 Å². The Morgan fingerprint density at radius 3 is 2.58 bits per heavy atom. The molecule has 1 fully saturated rings. The van der Waals surface area contributed by atoms with Gasteiger partial charge in [0.25, 0.3) is 0 Å². The Bertz CT molecular complexity index is 666. The predicted octanol–water partition coefficient (Wildman–Crippen LogP) is 1.72. The lowest BCUT2D eigenvalue weighted by Gasteiger charge is -2.13. The SMILES string of the molecule is COC(=O)C=C(C)c1ccc(N2CC(CNC(C)=O)OC2=O)cc1. The van der Waals surface area contributed by atoms with E-state index < -0.39 is 12.1 Å². The molecule has 1 aliphatic rings. The molecule has 1 unspecified atom stereocenters. The number of hydrogen-bond acceptors (Lipinski definition) is 5. The molecule has 1 aromatic carbocycles. The van der Waals surface area contributed by atoms with Gasteiger partial charge in [-0.05, 0) is 30.2 Å². The molecule has 0 aliphatic carbocycles. The fraction of sp³-hybridized carbons (Fsp3) is 0.353. The van der Waals surface area contributed by atoms with Crippen LogP contribution in [0.15, 0.2) is 30.3 Å². The van der Waals surface area contributed by atoms with Gasteiger partial charge in [-0.15, -0.1) is 0 Å². The zero-order chi connectivity index (χ0) is 17.7. The molecule has 0 bridgehead atoms. The molecule has 1 aliphatic heterocycles. The molecule has 0 spiro atoms. The van der Waals surface area contributed by atoms with Gasteiger partial charge in [-0.25, -0.2) is 9.59 Å². The standard InChI is InChI=1S/C17H20N2O5/c1-11(8-16(21)23-3)13-4-6-14(7-5-13)19-10-15(24-17(19)22)9-18-12(2)20/h4-8,15H,9-10H2,1-3H3,(H,18,20). The van der Waals surface area contributed by atoms with Gasteiger partial charge in [-0.3, -0.25) is 9.69 Å². The van der Waals surface area contributed by atoms with Gasteiger partial charge in [0.05, 0.1) is 20.2 Å². The molecule has 7 nitrogen and oxygen atoms in total. The van der Waals surface area contributed by atoms with E-state index in [4.69, 9.17) is 4.74 Å². The van der Waals surface area contributed by atoms with Crippen molar-refractivity contribution in [1.29, 1.82) is 0 Å². The van der Waals surface area contributed by atoms with Crippen LogP contribution < -0.4 is 10.2 Å². The molecule has 0 radical (unpaired) electrons. The number of hydrogen-bond donors (Lipinski definition) is 1. The minimum atomic E-state index is -0.445. The van der Waals surface area contributed by atoms with E-state index >= 15 is 0 Å². The first-order valence-corrected chi connectivity index (χ1v) is 7.50. The van der Waals surface area contributed by atoms with E-state index in [1.807, 2.05) is 12.1 Å². The van der Waals surface area contributed by atoms with Crippen molar-refractivity contribution in [1.82, 2.24) is 5.32 Å². The quantitative estimate of drug-likeness (QED) is 0.655. The van der Waals surface area contributed by atoms with Crippen molar-refractivity contribution >= 4 is 29.2 Å². The lowest BCUT2D eigenvalue weighted by molar-refractivity contribution is -0.134. The van der Waals surface area contributed by atoms with Gasteiger partial charge < -0.3 is 14.8 Å². The number of rotatable bonds is 5. The number of methoxy groups -OCH3 is 1. The van der Waals surface area contributed by atoms with Gasteiger partial charge in [-0.1, -0.05) is 12.1 Å². The highest BCUT2D eigenvalue weighted by Crippen LogP contribution is 2.24. The summed E-state index contributed by atoms with van der Waals surface area (Å²) in [4.78, 5) is 35.7. The van der Waals surface area contributed by atoms with Crippen molar-refractivity contribution in [2.75, 3.05) is 25.1 Å². The van der Waals surface area contributed by atoms with E-state index in [9.17, 15) is 14.4 Å². The summed E-state index contributed by atoms with van der Waals surface area (Å²) in [5.74, 6) is -0.581. The Balaban J connectivity index is 2.05. The zero-order valence-corrected chi connectivity index (χ0v) is 13.9. The second kappa shape index (κ2) is 7.63. The number of benzene rings is 1. The van der Waals surface area contributed by atoms with E-state index in [0.29, 0.717) is 12.2 Å². The summed E-state index contributed by atoms with van der Waals surface area (Å²) in [6.45, 7) is 3.88. The molecule has 1 heterocycles. The maximum Gasteiger partial charge on any atom is 0.414 e. The maximum absolute atomic E-state index is 12.0. The first-order chi connectivity index (χ1) is 11.4. The number of carbonyl (C=O) groups is 3. The van der Waals surface area contributed by atoms with E-state index in [-0.39, 0.29) is 18.6 Å². The van der Waals surface area contributed by atoms with Gasteiger partial charge in [0.1, 0.15) is 6.10 Å². The van der Waals surface area contributed by atoms with E-state index in [2.05, 4.69) is 10.1 Å². The van der Waals surface area contributed by atoms with Gasteiger partial charge >= 0.3 is 12.1 Å². The highest BCUT2D eigenvalue weighted by molar-refractivity contribution is 5.92. The zero-order valence-electron chi connectivity index (χ0n) is 13.9. The summed E-state index contributed by atoms with van der Waals surface area (Å²) in [6.07, 6.45) is 0.588. The summed E-state index contributed by atoms with van der Waals surface area (Å²) in [5, 5.41) is 2.63. The molecule has 1 N–H and O–H groups in total. The fourth-order valence-corrected chi connectivity index (χ4v) is 2.32. The molecule has 2 rings (SSSR count). The molecular weight excluding hydrogens is 312 g/mol. The van der Waals surface area contributed by atoms with Crippen LogP contribution in [0.5, 0.6) is 0 Å². The second-order valence-electron chi connectivity index (χ2n) is 5.45. The number of nitrogens with zero attached hydrogens (tertiary/aromatic N) is 1. The third-order valence-corrected chi connectivity index (χ3v) is 3.62. The van der Waals surface area contributed by atoms with Gasteiger partial charge in [0.15, 0.2) is 0 Å². The average Bonchev–Trinajstić information content (AvgIpc) is 2.93. The van der Waals surface area contributed by atoms with Gasteiger partial charge in [0.2, 0.25) is 5.91 Å². The molecule has 128 valence electrons. The molecule has 24 heavy (non-hydrogen) atoms. The molecular formula is C17H20N2O5. The second-order valence-corrected chi connectivity index (χ2v) is 5.45. The lowest BCUT2D eigenvalue weighted by Crippen LogP contribution is -2.33. The summed E-state index contributed by atoms with van der Waals surface area (Å²) in [7, 11) is 1.32. The van der Waals surface area contributed by atoms with Gasteiger partial charge in [-0.2, -0.15) is 0 Å². The lowest BCUT2D eigenvalue weighted by atomic mass is 10.1. The van der Waals surface area contributed by atoms with Crippen molar-refractivity contribution in [3.63, 3.8) is 0 Å². The third kappa shape index (κ3) is 4.34. The number of nitrogens with one attached hydrogen (secondary N) is 1. The van der Waals surface area contributed by atoms with Crippen LogP contribution in [0, 0.1) is 0 Å². The first-order valence-electron chi connectivity index (χ1n) is 7.50. The monoisotopic (exact) mass is 332 g/mol. The van der Waals surface area contributed by atoms with Crippen LogP contribution in [-0.4, -0.2) is 44.3 Å². The maximum atomic E-state index is 12.0. The molecule has 1 saturated heterocycles. The van der Waals surface area contributed by atoms with Crippen molar-refractivity contribution in [3.8, 4) is 0 Å². The first kappa shape index (κ1) is 17.5. The Labute approximate surface area is 140 Å². The smallest absolute Gasteiger partial charge is 0.414 e. The highest BCUT2D eigenvalue weighted by atomic mass is 16.6. The Morgan fingerprint density at radius 2 is 2.00 bits per heavy atom. The molecule has 2 amide bonds. The number of amides is 2. The average molecular weight is 332 g/mol. The van der Waals surface area contributed by atoms with Crippen molar-refractivity contribution in [3.05, 3.63) is 35.9 Å². The highest BCUT2D eigenvalue weighted by Gasteiger charge is 2.32. The van der Waals surface area contributed by atoms with Crippen LogP contribution in [0.2, 0.25) is 0 Å². The fourth-order valence-electron chi connectivity index (χ4n) is 2.32. The van der Waals surface area contributed by atoms with Gasteiger partial charge in [0, 0.05) is 18.7 Å². The van der Waals surface area contributed by atoms with Crippen molar-refractivity contribution in [2.24, 2.45) is 0 Å². The number of cyclic esters (lactones) is 1. The number of esters is 1. The number of anilines is 1. The summed E-state index contributed by atoms with van der Waals surface area (Å²) >= 11 is 0.